The number of piperazine rings is 1. The van der Waals surface area contributed by atoms with E-state index in [4.69, 9.17) is 0 Å². The normalized spacial score (nSPS) is 20.8. The first-order chi connectivity index (χ1) is 9.15. The molecule has 1 N–H and O–H groups in total. The third-order valence-corrected chi connectivity index (χ3v) is 4.68. The fourth-order valence-electron chi connectivity index (χ4n) is 2.77. The van der Waals surface area contributed by atoms with Crippen LogP contribution in [0.25, 0.3) is 0 Å². The Labute approximate surface area is 125 Å². The Morgan fingerprint density at radius 1 is 1.37 bits per heavy atom. The number of likely N-dealkylation sites (N-methyl/N-ethyl adjacent to an activating group) is 1. The van der Waals surface area contributed by atoms with Crippen molar-refractivity contribution in [1.82, 2.24) is 10.2 Å². The summed E-state index contributed by atoms with van der Waals surface area (Å²) in [6.45, 7) is 10.0. The second-order valence-electron chi connectivity index (χ2n) is 5.23. The molecule has 1 atom stereocenters. The predicted molar refractivity (Wildman–Crippen MR) is 85.8 cm³/mol. The monoisotopic (exact) mass is 325 g/mol. The standard InChI is InChI=1S/C15H24BrN3/c1-4-18-7-8-19(11-12(18)2)14-6-5-13(10-17-3)15(16)9-14/h5-6,9,12,17H,4,7-8,10-11H2,1-3H3. The number of hydrogen-bond acceptors (Lipinski definition) is 3. The van der Waals surface area contributed by atoms with Crippen LogP contribution in [-0.4, -0.2) is 44.2 Å². The topological polar surface area (TPSA) is 18.5 Å². The van der Waals surface area contributed by atoms with Crippen LogP contribution in [0.2, 0.25) is 0 Å². The second kappa shape index (κ2) is 6.73. The van der Waals surface area contributed by atoms with Crippen molar-refractivity contribution in [2.75, 3.05) is 38.1 Å². The highest BCUT2D eigenvalue weighted by atomic mass is 79.9. The van der Waals surface area contributed by atoms with E-state index < -0.39 is 0 Å². The summed E-state index contributed by atoms with van der Waals surface area (Å²) < 4.78 is 1.20. The highest BCUT2D eigenvalue weighted by molar-refractivity contribution is 9.10. The van der Waals surface area contributed by atoms with Gasteiger partial charge >= 0.3 is 0 Å². The number of benzene rings is 1. The summed E-state index contributed by atoms with van der Waals surface area (Å²) in [7, 11) is 1.98. The Balaban J connectivity index is 2.08. The maximum atomic E-state index is 3.68. The smallest absolute Gasteiger partial charge is 0.0378 e. The average Bonchev–Trinajstić information content (AvgIpc) is 2.41. The molecule has 1 unspecified atom stereocenters. The van der Waals surface area contributed by atoms with Gasteiger partial charge in [0.15, 0.2) is 0 Å². The van der Waals surface area contributed by atoms with Crippen LogP contribution in [0, 0.1) is 0 Å². The zero-order valence-electron chi connectivity index (χ0n) is 12.1. The molecule has 0 saturated carbocycles. The van der Waals surface area contributed by atoms with E-state index in [-0.39, 0.29) is 0 Å². The summed E-state index contributed by atoms with van der Waals surface area (Å²) in [4.78, 5) is 5.03. The zero-order valence-corrected chi connectivity index (χ0v) is 13.7. The lowest BCUT2D eigenvalue weighted by Gasteiger charge is -2.40. The summed E-state index contributed by atoms with van der Waals surface area (Å²) in [6.07, 6.45) is 0. The molecule has 1 heterocycles. The van der Waals surface area contributed by atoms with Gasteiger partial charge in [0.1, 0.15) is 0 Å². The predicted octanol–water partition coefficient (Wildman–Crippen LogP) is 2.70. The molecule has 0 aliphatic carbocycles. The number of halogens is 1. The molecule has 1 saturated heterocycles. The van der Waals surface area contributed by atoms with Crippen molar-refractivity contribution in [3.63, 3.8) is 0 Å². The molecule has 2 rings (SSSR count). The van der Waals surface area contributed by atoms with Gasteiger partial charge in [-0.3, -0.25) is 4.90 Å². The first kappa shape index (κ1) is 14.8. The molecule has 1 fully saturated rings. The van der Waals surface area contributed by atoms with Gasteiger partial charge in [-0.2, -0.15) is 0 Å². The molecular formula is C15H24BrN3. The van der Waals surface area contributed by atoms with Gasteiger partial charge in [-0.25, -0.2) is 0 Å². The van der Waals surface area contributed by atoms with Crippen molar-refractivity contribution >= 4 is 21.6 Å². The molecule has 106 valence electrons. The summed E-state index contributed by atoms with van der Waals surface area (Å²) in [5.41, 5.74) is 2.64. The van der Waals surface area contributed by atoms with Crippen molar-refractivity contribution in [3.8, 4) is 0 Å². The number of nitrogens with one attached hydrogen (secondary N) is 1. The van der Waals surface area contributed by atoms with Crippen LogP contribution in [-0.2, 0) is 6.54 Å². The summed E-state index contributed by atoms with van der Waals surface area (Å²) >= 11 is 3.68. The summed E-state index contributed by atoms with van der Waals surface area (Å²) in [5, 5.41) is 3.19. The number of anilines is 1. The van der Waals surface area contributed by atoms with Crippen molar-refractivity contribution in [2.24, 2.45) is 0 Å². The quantitative estimate of drug-likeness (QED) is 0.918. The van der Waals surface area contributed by atoms with Crippen LogP contribution >= 0.6 is 15.9 Å². The minimum Gasteiger partial charge on any atom is -0.369 e. The Hall–Kier alpha value is -0.580. The van der Waals surface area contributed by atoms with E-state index in [9.17, 15) is 0 Å². The molecule has 1 aliphatic rings. The molecule has 19 heavy (non-hydrogen) atoms. The number of rotatable bonds is 4. The molecule has 1 aromatic rings. The summed E-state index contributed by atoms with van der Waals surface area (Å²) in [6, 6.07) is 7.34. The first-order valence-corrected chi connectivity index (χ1v) is 7.87. The van der Waals surface area contributed by atoms with Gasteiger partial charge in [0.2, 0.25) is 0 Å². The summed E-state index contributed by atoms with van der Waals surface area (Å²) in [5.74, 6) is 0. The Morgan fingerprint density at radius 3 is 2.74 bits per heavy atom. The highest BCUT2D eigenvalue weighted by Gasteiger charge is 2.22. The van der Waals surface area contributed by atoms with E-state index in [0.717, 1.165) is 32.7 Å². The third-order valence-electron chi connectivity index (χ3n) is 3.94. The van der Waals surface area contributed by atoms with Gasteiger partial charge in [-0.15, -0.1) is 0 Å². The average molecular weight is 326 g/mol. The lowest BCUT2D eigenvalue weighted by molar-refractivity contribution is 0.199. The number of hydrogen-bond donors (Lipinski definition) is 1. The molecule has 0 spiro atoms. The lowest BCUT2D eigenvalue weighted by Crippen LogP contribution is -2.51. The van der Waals surface area contributed by atoms with E-state index >= 15 is 0 Å². The van der Waals surface area contributed by atoms with E-state index in [2.05, 4.69) is 63.1 Å². The van der Waals surface area contributed by atoms with Crippen LogP contribution in [0.5, 0.6) is 0 Å². The molecular weight excluding hydrogens is 302 g/mol. The molecule has 0 bridgehead atoms. The van der Waals surface area contributed by atoms with Crippen LogP contribution in [0.1, 0.15) is 19.4 Å². The van der Waals surface area contributed by atoms with Gasteiger partial charge in [0, 0.05) is 42.4 Å². The van der Waals surface area contributed by atoms with Crippen LogP contribution in [0.15, 0.2) is 22.7 Å². The molecule has 0 amide bonds. The highest BCUT2D eigenvalue weighted by Crippen LogP contribution is 2.26. The molecule has 1 aromatic carbocycles. The van der Waals surface area contributed by atoms with Gasteiger partial charge < -0.3 is 10.2 Å². The fourth-order valence-corrected chi connectivity index (χ4v) is 3.27. The van der Waals surface area contributed by atoms with E-state index in [0.29, 0.717) is 6.04 Å². The Kier molecular flexibility index (Phi) is 5.25. The zero-order chi connectivity index (χ0) is 13.8. The van der Waals surface area contributed by atoms with E-state index in [1.165, 1.54) is 15.7 Å². The Morgan fingerprint density at radius 2 is 2.16 bits per heavy atom. The number of nitrogens with zero attached hydrogens (tertiary/aromatic N) is 2. The van der Waals surface area contributed by atoms with Crippen molar-refractivity contribution in [3.05, 3.63) is 28.2 Å². The first-order valence-electron chi connectivity index (χ1n) is 7.07. The fraction of sp³-hybridized carbons (Fsp3) is 0.600. The largest absolute Gasteiger partial charge is 0.369 e. The molecule has 3 nitrogen and oxygen atoms in total. The van der Waals surface area contributed by atoms with Crippen molar-refractivity contribution < 1.29 is 0 Å². The maximum Gasteiger partial charge on any atom is 0.0378 e. The molecule has 0 aromatic heterocycles. The Bertz CT molecular complexity index is 422. The van der Waals surface area contributed by atoms with Gasteiger partial charge in [0.05, 0.1) is 0 Å². The van der Waals surface area contributed by atoms with E-state index in [1.807, 2.05) is 7.05 Å². The van der Waals surface area contributed by atoms with Gasteiger partial charge in [-0.1, -0.05) is 28.9 Å². The molecule has 1 aliphatic heterocycles. The second-order valence-corrected chi connectivity index (χ2v) is 6.08. The molecule has 0 radical (unpaired) electrons. The van der Waals surface area contributed by atoms with E-state index in [1.54, 1.807) is 0 Å². The molecule has 4 heteroatoms. The SMILES string of the molecule is CCN1CCN(c2ccc(CNC)c(Br)c2)CC1C. The van der Waals surface area contributed by atoms with Gasteiger partial charge in [-0.05, 0) is 38.2 Å². The van der Waals surface area contributed by atoms with Crippen LogP contribution < -0.4 is 10.2 Å². The maximum absolute atomic E-state index is 3.68. The lowest BCUT2D eigenvalue weighted by atomic mass is 10.1. The van der Waals surface area contributed by atoms with Crippen LogP contribution in [0.4, 0.5) is 5.69 Å². The van der Waals surface area contributed by atoms with Gasteiger partial charge in [0.25, 0.3) is 0 Å². The van der Waals surface area contributed by atoms with Crippen molar-refractivity contribution in [2.45, 2.75) is 26.4 Å². The third kappa shape index (κ3) is 3.50. The van der Waals surface area contributed by atoms with Crippen molar-refractivity contribution in [1.29, 1.82) is 0 Å². The minimum atomic E-state index is 0.634. The van der Waals surface area contributed by atoms with Crippen LogP contribution in [0.3, 0.4) is 0 Å². The minimum absolute atomic E-state index is 0.634.